The largest absolute Gasteiger partial charge is 0.493 e. The maximum atomic E-state index is 12.7. The van der Waals surface area contributed by atoms with Crippen molar-refractivity contribution in [1.29, 1.82) is 0 Å². The van der Waals surface area contributed by atoms with Gasteiger partial charge in [-0.05, 0) is 48.7 Å². The third kappa shape index (κ3) is 3.80. The van der Waals surface area contributed by atoms with Crippen LogP contribution in [-0.4, -0.2) is 32.4 Å². The van der Waals surface area contributed by atoms with Gasteiger partial charge in [0.05, 0.1) is 19.9 Å². The Hall–Kier alpha value is -2.86. The summed E-state index contributed by atoms with van der Waals surface area (Å²) in [5, 5.41) is 2.93. The first-order valence-corrected chi connectivity index (χ1v) is 9.04. The third-order valence-corrected chi connectivity index (χ3v) is 4.72. The van der Waals surface area contributed by atoms with Gasteiger partial charge in [0.1, 0.15) is 5.92 Å². The number of carbonyl (C=O) groups is 1. The van der Waals surface area contributed by atoms with Gasteiger partial charge in [-0.15, -0.1) is 0 Å². The van der Waals surface area contributed by atoms with Crippen molar-refractivity contribution in [1.82, 2.24) is 0 Å². The van der Waals surface area contributed by atoms with Crippen molar-refractivity contribution >= 4 is 23.0 Å². The minimum atomic E-state index is -0.437. The van der Waals surface area contributed by atoms with E-state index in [0.29, 0.717) is 24.5 Å². The molecule has 1 atom stereocenters. The lowest BCUT2D eigenvalue weighted by Gasteiger charge is -2.14. The topological polar surface area (TPSA) is 85.9 Å². The van der Waals surface area contributed by atoms with Crippen molar-refractivity contribution in [2.45, 2.75) is 25.7 Å². The van der Waals surface area contributed by atoms with Crippen LogP contribution in [0.2, 0.25) is 0 Å². The van der Waals surface area contributed by atoms with E-state index in [1.165, 1.54) is 5.56 Å². The van der Waals surface area contributed by atoms with Gasteiger partial charge in [-0.1, -0.05) is 19.1 Å². The van der Waals surface area contributed by atoms with E-state index in [0.717, 1.165) is 29.1 Å². The molecule has 1 heterocycles. The number of ether oxygens (including phenoxy) is 2. The van der Waals surface area contributed by atoms with Crippen molar-refractivity contribution in [3.05, 3.63) is 47.5 Å². The molecule has 0 fully saturated rings. The summed E-state index contributed by atoms with van der Waals surface area (Å²) in [7, 11) is 3.16. The highest BCUT2D eigenvalue weighted by Gasteiger charge is 2.35. The number of aliphatic imine (C=N–C) groups is 1. The zero-order chi connectivity index (χ0) is 19.4. The number of rotatable bonds is 7. The predicted octanol–water partition coefficient (Wildman–Crippen LogP) is 3.42. The zero-order valence-electron chi connectivity index (χ0n) is 15.9. The van der Waals surface area contributed by atoms with Gasteiger partial charge in [0.15, 0.2) is 11.5 Å². The van der Waals surface area contributed by atoms with Crippen LogP contribution >= 0.6 is 0 Å². The van der Waals surface area contributed by atoms with E-state index < -0.39 is 5.92 Å². The fourth-order valence-electron chi connectivity index (χ4n) is 3.34. The van der Waals surface area contributed by atoms with Gasteiger partial charge in [-0.3, -0.25) is 9.79 Å². The summed E-state index contributed by atoms with van der Waals surface area (Å²) in [5.41, 5.74) is 10.0. The van der Waals surface area contributed by atoms with E-state index >= 15 is 0 Å². The minimum Gasteiger partial charge on any atom is -0.493 e. The molecule has 142 valence electrons. The number of amides is 1. The monoisotopic (exact) mass is 367 g/mol. The van der Waals surface area contributed by atoms with Crippen LogP contribution in [0.1, 0.15) is 30.4 Å². The second kappa shape index (κ2) is 8.22. The van der Waals surface area contributed by atoms with Crippen molar-refractivity contribution in [2.75, 3.05) is 26.1 Å². The first-order valence-electron chi connectivity index (χ1n) is 9.04. The van der Waals surface area contributed by atoms with Crippen molar-refractivity contribution < 1.29 is 14.3 Å². The van der Waals surface area contributed by atoms with Gasteiger partial charge in [-0.25, -0.2) is 0 Å². The summed E-state index contributed by atoms with van der Waals surface area (Å²) < 4.78 is 10.7. The quantitative estimate of drug-likeness (QED) is 0.734. The lowest BCUT2D eigenvalue weighted by atomic mass is 9.93. The van der Waals surface area contributed by atoms with Crippen LogP contribution in [0, 0.1) is 0 Å². The normalized spacial score (nSPS) is 16.1. The highest BCUT2D eigenvalue weighted by Crippen LogP contribution is 2.42. The van der Waals surface area contributed by atoms with Crippen LogP contribution in [0.3, 0.4) is 0 Å². The standard InChI is InChI=1S/C21H25N3O3/c1-4-16(23-14-7-5-13(6-8-14)9-10-22)20-15-11-18(26-2)19(27-3)12-17(15)24-21(20)25/h5-8,11-12,20H,4,9-10,22H2,1-3H3,(H,24,25). The van der Waals surface area contributed by atoms with Crippen LogP contribution in [0.25, 0.3) is 0 Å². The Morgan fingerprint density at radius 2 is 1.81 bits per heavy atom. The number of methoxy groups -OCH3 is 2. The average Bonchev–Trinajstić information content (AvgIpc) is 3.01. The molecule has 27 heavy (non-hydrogen) atoms. The fourth-order valence-corrected chi connectivity index (χ4v) is 3.34. The van der Waals surface area contributed by atoms with E-state index in [2.05, 4.69) is 5.32 Å². The van der Waals surface area contributed by atoms with Crippen LogP contribution in [0.15, 0.2) is 41.4 Å². The summed E-state index contributed by atoms with van der Waals surface area (Å²) in [4.78, 5) is 17.4. The van der Waals surface area contributed by atoms with Crippen LogP contribution in [-0.2, 0) is 11.2 Å². The summed E-state index contributed by atoms with van der Waals surface area (Å²) in [6.45, 7) is 2.63. The van der Waals surface area contributed by atoms with Gasteiger partial charge in [0.2, 0.25) is 5.91 Å². The van der Waals surface area contributed by atoms with E-state index in [1.807, 2.05) is 37.3 Å². The maximum Gasteiger partial charge on any atom is 0.237 e. The molecule has 0 aliphatic carbocycles. The summed E-state index contributed by atoms with van der Waals surface area (Å²) in [5.74, 6) is 0.663. The number of benzene rings is 2. The van der Waals surface area contributed by atoms with Gasteiger partial charge in [-0.2, -0.15) is 0 Å². The fraction of sp³-hybridized carbons (Fsp3) is 0.333. The van der Waals surface area contributed by atoms with Crippen LogP contribution < -0.4 is 20.5 Å². The van der Waals surface area contributed by atoms with E-state index in [1.54, 1.807) is 20.3 Å². The molecule has 0 saturated heterocycles. The SMILES string of the molecule is CCC(=Nc1ccc(CCN)cc1)C1C(=O)Nc2cc(OC)c(OC)cc21. The molecule has 1 aliphatic heterocycles. The van der Waals surface area contributed by atoms with Gasteiger partial charge >= 0.3 is 0 Å². The van der Waals surface area contributed by atoms with Gasteiger partial charge in [0, 0.05) is 17.5 Å². The number of anilines is 1. The molecule has 1 amide bonds. The number of hydrogen-bond donors (Lipinski definition) is 2. The molecule has 1 aliphatic rings. The first-order chi connectivity index (χ1) is 13.1. The Morgan fingerprint density at radius 1 is 1.15 bits per heavy atom. The third-order valence-electron chi connectivity index (χ3n) is 4.72. The summed E-state index contributed by atoms with van der Waals surface area (Å²) in [6, 6.07) is 11.6. The van der Waals surface area contributed by atoms with Gasteiger partial charge in [0.25, 0.3) is 0 Å². The molecule has 3 rings (SSSR count). The second-order valence-corrected chi connectivity index (χ2v) is 6.38. The molecular weight excluding hydrogens is 342 g/mol. The summed E-state index contributed by atoms with van der Waals surface area (Å²) >= 11 is 0. The Kier molecular flexibility index (Phi) is 5.76. The molecule has 6 nitrogen and oxygen atoms in total. The molecule has 0 aromatic heterocycles. The predicted molar refractivity (Wildman–Crippen MR) is 108 cm³/mol. The number of hydrogen-bond acceptors (Lipinski definition) is 5. The molecule has 0 saturated carbocycles. The molecule has 2 aromatic carbocycles. The number of nitrogens with two attached hydrogens (primary N) is 1. The van der Waals surface area contributed by atoms with Crippen molar-refractivity contribution in [3.8, 4) is 11.5 Å². The lowest BCUT2D eigenvalue weighted by molar-refractivity contribution is -0.115. The smallest absolute Gasteiger partial charge is 0.237 e. The average molecular weight is 367 g/mol. The van der Waals surface area contributed by atoms with E-state index in [4.69, 9.17) is 20.2 Å². The Morgan fingerprint density at radius 3 is 2.41 bits per heavy atom. The lowest BCUT2D eigenvalue weighted by Crippen LogP contribution is -2.20. The summed E-state index contributed by atoms with van der Waals surface area (Å²) in [6.07, 6.45) is 1.50. The highest BCUT2D eigenvalue weighted by atomic mass is 16.5. The highest BCUT2D eigenvalue weighted by molar-refractivity contribution is 6.19. The number of nitrogens with zero attached hydrogens (tertiary/aromatic N) is 1. The number of fused-ring (bicyclic) bond motifs is 1. The molecule has 6 heteroatoms. The van der Waals surface area contributed by atoms with Crippen LogP contribution in [0.4, 0.5) is 11.4 Å². The Bertz CT molecular complexity index is 860. The van der Waals surface area contributed by atoms with E-state index in [9.17, 15) is 4.79 Å². The second-order valence-electron chi connectivity index (χ2n) is 6.38. The van der Waals surface area contributed by atoms with Crippen LogP contribution in [0.5, 0.6) is 11.5 Å². The minimum absolute atomic E-state index is 0.0827. The number of nitrogens with one attached hydrogen (secondary N) is 1. The Balaban J connectivity index is 1.97. The van der Waals surface area contributed by atoms with Crippen molar-refractivity contribution in [3.63, 3.8) is 0 Å². The molecular formula is C21H25N3O3. The molecule has 1 unspecified atom stereocenters. The van der Waals surface area contributed by atoms with E-state index in [-0.39, 0.29) is 5.91 Å². The number of carbonyl (C=O) groups excluding carboxylic acids is 1. The van der Waals surface area contributed by atoms with Gasteiger partial charge < -0.3 is 20.5 Å². The molecule has 0 radical (unpaired) electrons. The Labute approximate surface area is 159 Å². The maximum absolute atomic E-state index is 12.7. The molecule has 3 N–H and O–H groups in total. The molecule has 0 spiro atoms. The van der Waals surface area contributed by atoms with Crippen molar-refractivity contribution in [2.24, 2.45) is 10.7 Å². The first kappa shape index (κ1) is 18.9. The zero-order valence-corrected chi connectivity index (χ0v) is 15.9. The molecule has 2 aromatic rings. The molecule has 0 bridgehead atoms.